The summed E-state index contributed by atoms with van der Waals surface area (Å²) in [5.74, 6) is 0.752. The zero-order valence-electron chi connectivity index (χ0n) is 13.3. The van der Waals surface area contributed by atoms with Gasteiger partial charge in [-0.25, -0.2) is 9.79 Å². The van der Waals surface area contributed by atoms with E-state index in [2.05, 4.69) is 11.6 Å². The van der Waals surface area contributed by atoms with Gasteiger partial charge in [-0.1, -0.05) is 24.3 Å². The third-order valence-electron chi connectivity index (χ3n) is 3.25. The molecule has 2 aromatic rings. The van der Waals surface area contributed by atoms with Crippen LogP contribution in [-0.4, -0.2) is 25.6 Å². The number of esters is 1. The molecular weight excluding hydrogens is 346 g/mol. The quantitative estimate of drug-likeness (QED) is 0.445. The van der Waals surface area contributed by atoms with E-state index in [1.54, 1.807) is 36.4 Å². The number of benzene rings is 1. The first-order valence-corrected chi connectivity index (χ1v) is 7.68. The van der Waals surface area contributed by atoms with Crippen LogP contribution in [0.3, 0.4) is 0 Å². The van der Waals surface area contributed by atoms with E-state index in [-0.39, 0.29) is 11.6 Å². The number of hydrogen-bond donors (Lipinski definition) is 0. The van der Waals surface area contributed by atoms with Crippen LogP contribution in [0.5, 0.6) is 11.5 Å². The molecule has 6 nitrogen and oxygen atoms in total. The van der Waals surface area contributed by atoms with Crippen LogP contribution in [0.25, 0.3) is 6.08 Å². The summed E-state index contributed by atoms with van der Waals surface area (Å²) in [6.07, 6.45) is 4.62. The van der Waals surface area contributed by atoms with Crippen molar-refractivity contribution in [2.24, 2.45) is 4.99 Å². The predicted molar refractivity (Wildman–Crippen MR) is 93.0 cm³/mol. The van der Waals surface area contributed by atoms with Crippen LogP contribution in [0.4, 0.5) is 0 Å². The highest BCUT2D eigenvalue weighted by molar-refractivity contribution is 6.32. The molecule has 0 radical (unpaired) electrons. The van der Waals surface area contributed by atoms with E-state index in [9.17, 15) is 4.79 Å². The molecule has 0 aliphatic carbocycles. The van der Waals surface area contributed by atoms with E-state index in [0.717, 1.165) is 0 Å². The number of carbonyl (C=O) groups is 1. The lowest BCUT2D eigenvalue weighted by atomic mass is 10.1. The summed E-state index contributed by atoms with van der Waals surface area (Å²) in [6.45, 7) is 3.88. The van der Waals surface area contributed by atoms with Crippen LogP contribution >= 0.6 is 11.6 Å². The Labute approximate surface area is 149 Å². The van der Waals surface area contributed by atoms with Gasteiger partial charge >= 0.3 is 5.97 Å². The van der Waals surface area contributed by atoms with Crippen molar-refractivity contribution >= 4 is 29.5 Å². The van der Waals surface area contributed by atoms with Gasteiger partial charge in [-0.05, 0) is 35.9 Å². The molecule has 7 heteroatoms. The first-order valence-electron chi connectivity index (χ1n) is 7.30. The third kappa shape index (κ3) is 3.59. The molecule has 1 aliphatic heterocycles. The summed E-state index contributed by atoms with van der Waals surface area (Å²) in [4.78, 5) is 16.1. The molecule has 0 amide bonds. The Morgan fingerprint density at radius 1 is 1.40 bits per heavy atom. The molecule has 0 saturated heterocycles. The molecule has 128 valence electrons. The number of halogens is 1. The predicted octanol–water partition coefficient (Wildman–Crippen LogP) is 3.85. The van der Waals surface area contributed by atoms with Gasteiger partial charge in [-0.2, -0.15) is 0 Å². The summed E-state index contributed by atoms with van der Waals surface area (Å²) in [7, 11) is 1.50. The molecule has 0 unspecified atom stereocenters. The molecule has 1 aromatic carbocycles. The lowest BCUT2D eigenvalue weighted by Gasteiger charge is -2.12. The molecule has 0 bridgehead atoms. The van der Waals surface area contributed by atoms with Crippen molar-refractivity contribution in [1.82, 2.24) is 0 Å². The third-order valence-corrected chi connectivity index (χ3v) is 3.53. The molecule has 3 rings (SSSR count). The van der Waals surface area contributed by atoms with Gasteiger partial charge < -0.3 is 18.6 Å². The number of methoxy groups -OCH3 is 1. The van der Waals surface area contributed by atoms with Crippen LogP contribution in [0.2, 0.25) is 5.02 Å². The largest absolute Gasteiger partial charge is 0.493 e. The second kappa shape index (κ2) is 7.27. The highest BCUT2D eigenvalue weighted by atomic mass is 35.5. The summed E-state index contributed by atoms with van der Waals surface area (Å²) in [5.41, 5.74) is 0.744. The van der Waals surface area contributed by atoms with Crippen molar-refractivity contribution in [2.75, 3.05) is 13.7 Å². The van der Waals surface area contributed by atoms with E-state index in [1.165, 1.54) is 13.4 Å². The number of hydrogen-bond acceptors (Lipinski definition) is 6. The molecule has 0 fully saturated rings. The van der Waals surface area contributed by atoms with Gasteiger partial charge in [0.1, 0.15) is 6.61 Å². The first-order chi connectivity index (χ1) is 12.1. The Bertz CT molecular complexity index is 868. The lowest BCUT2D eigenvalue weighted by molar-refractivity contribution is -0.130. The first kappa shape index (κ1) is 16.9. The fourth-order valence-electron chi connectivity index (χ4n) is 2.18. The van der Waals surface area contributed by atoms with Gasteiger partial charge in [-0.15, -0.1) is 0 Å². The van der Waals surface area contributed by atoms with Crippen LogP contribution in [0, 0.1) is 0 Å². The number of nitrogens with zero attached hydrogens (tertiary/aromatic N) is 1. The smallest absolute Gasteiger partial charge is 0.363 e. The van der Waals surface area contributed by atoms with Crippen molar-refractivity contribution in [2.45, 2.75) is 0 Å². The highest BCUT2D eigenvalue weighted by Gasteiger charge is 2.26. The van der Waals surface area contributed by atoms with E-state index in [0.29, 0.717) is 34.5 Å². The maximum absolute atomic E-state index is 12.0. The van der Waals surface area contributed by atoms with E-state index in [1.807, 2.05) is 0 Å². The fraction of sp³-hybridized carbons (Fsp3) is 0.111. The summed E-state index contributed by atoms with van der Waals surface area (Å²) in [6, 6.07) is 6.66. The second-order valence-corrected chi connectivity index (χ2v) is 5.35. The minimum atomic E-state index is -0.575. The average molecular weight is 360 g/mol. The Morgan fingerprint density at radius 2 is 2.24 bits per heavy atom. The maximum atomic E-state index is 12.0. The van der Waals surface area contributed by atoms with Crippen molar-refractivity contribution < 1.29 is 23.4 Å². The van der Waals surface area contributed by atoms with Gasteiger partial charge in [0.05, 0.1) is 18.4 Å². The average Bonchev–Trinajstić information content (AvgIpc) is 3.24. The van der Waals surface area contributed by atoms with Crippen LogP contribution in [0.15, 0.2) is 58.3 Å². The van der Waals surface area contributed by atoms with Gasteiger partial charge in [0.15, 0.2) is 23.0 Å². The molecule has 0 atom stereocenters. The highest BCUT2D eigenvalue weighted by Crippen LogP contribution is 2.37. The Morgan fingerprint density at radius 3 is 2.92 bits per heavy atom. The molecule has 1 aromatic heterocycles. The zero-order valence-corrected chi connectivity index (χ0v) is 14.1. The molecular formula is C18H14ClNO5. The summed E-state index contributed by atoms with van der Waals surface area (Å²) in [5, 5.41) is 0.342. The molecule has 1 aliphatic rings. The van der Waals surface area contributed by atoms with Crippen LogP contribution in [0.1, 0.15) is 11.3 Å². The molecule has 0 spiro atoms. The van der Waals surface area contributed by atoms with Gasteiger partial charge in [-0.3, -0.25) is 0 Å². The SMILES string of the molecule is C=CCOc1c(Cl)cc(/C=C2\N=C(c3ccco3)OC2=O)cc1OC. The Balaban J connectivity index is 1.94. The van der Waals surface area contributed by atoms with Gasteiger partial charge in [0.2, 0.25) is 0 Å². The lowest BCUT2D eigenvalue weighted by Crippen LogP contribution is -2.04. The van der Waals surface area contributed by atoms with E-state index >= 15 is 0 Å². The van der Waals surface area contributed by atoms with Crippen molar-refractivity contribution in [3.63, 3.8) is 0 Å². The molecule has 0 saturated carbocycles. The number of carbonyl (C=O) groups excluding carboxylic acids is 1. The maximum Gasteiger partial charge on any atom is 0.363 e. The number of furan rings is 1. The van der Waals surface area contributed by atoms with E-state index in [4.69, 9.17) is 30.2 Å². The standard InChI is InChI=1S/C18H14ClNO5/c1-3-6-24-16-12(19)8-11(10-15(16)22-2)9-13-18(21)25-17(20-13)14-5-4-7-23-14/h3-5,7-10H,1,6H2,2H3/b13-9-. The van der Waals surface area contributed by atoms with Crippen LogP contribution in [-0.2, 0) is 9.53 Å². The monoisotopic (exact) mass is 359 g/mol. The summed E-state index contributed by atoms with van der Waals surface area (Å²) >= 11 is 6.25. The van der Waals surface area contributed by atoms with Crippen molar-refractivity contribution in [3.8, 4) is 11.5 Å². The zero-order chi connectivity index (χ0) is 17.8. The van der Waals surface area contributed by atoms with Gasteiger partial charge in [0, 0.05) is 0 Å². The molecule has 2 heterocycles. The number of rotatable bonds is 6. The Kier molecular flexibility index (Phi) is 4.90. The summed E-state index contributed by atoms with van der Waals surface area (Å²) < 4.78 is 21.1. The van der Waals surface area contributed by atoms with Gasteiger partial charge in [0.25, 0.3) is 5.90 Å². The van der Waals surface area contributed by atoms with Crippen LogP contribution < -0.4 is 9.47 Å². The normalized spacial score (nSPS) is 15.0. The number of cyclic esters (lactones) is 1. The molecule has 25 heavy (non-hydrogen) atoms. The fourth-order valence-corrected chi connectivity index (χ4v) is 2.45. The van der Waals surface area contributed by atoms with Crippen molar-refractivity contribution in [1.29, 1.82) is 0 Å². The molecule has 0 N–H and O–H groups in total. The number of ether oxygens (including phenoxy) is 3. The van der Waals surface area contributed by atoms with Crippen molar-refractivity contribution in [3.05, 3.63) is 65.2 Å². The minimum absolute atomic E-state index is 0.116. The number of aliphatic imine (C=N–C) groups is 1. The second-order valence-electron chi connectivity index (χ2n) is 4.95. The minimum Gasteiger partial charge on any atom is -0.493 e. The topological polar surface area (TPSA) is 70.3 Å². The Hall–Kier alpha value is -2.99. The van der Waals surface area contributed by atoms with E-state index < -0.39 is 5.97 Å².